The molecule has 1 atom stereocenters. The normalized spacial score (nSPS) is 13.7. The molecule has 0 aliphatic rings. The number of amides is 1. The zero-order valence-corrected chi connectivity index (χ0v) is 13.3. The molecule has 4 nitrogen and oxygen atoms in total. The van der Waals surface area contributed by atoms with Crippen LogP contribution in [0, 0.1) is 5.92 Å². The van der Waals surface area contributed by atoms with Gasteiger partial charge in [-0.2, -0.15) is 0 Å². The second-order valence-corrected chi connectivity index (χ2v) is 6.11. The van der Waals surface area contributed by atoms with Crippen LogP contribution < -0.4 is 11.1 Å². The number of ether oxygens (including phenoxy) is 1. The maximum Gasteiger partial charge on any atom is 0.407 e. The Hall–Kier alpha value is -1.81. The SMILES string of the molecule is C/C(=C\c1ccccc1)C(CN)CNC(=O)OC(C)(C)C. The number of carbonyl (C=O) groups is 1. The molecule has 0 heterocycles. The van der Waals surface area contributed by atoms with Gasteiger partial charge < -0.3 is 15.8 Å². The second kappa shape index (κ2) is 7.84. The predicted octanol–water partition coefficient (Wildman–Crippen LogP) is 3.19. The second-order valence-electron chi connectivity index (χ2n) is 6.11. The van der Waals surface area contributed by atoms with E-state index in [0.717, 1.165) is 11.1 Å². The summed E-state index contributed by atoms with van der Waals surface area (Å²) in [5, 5.41) is 2.77. The molecule has 3 N–H and O–H groups in total. The van der Waals surface area contributed by atoms with Crippen LogP contribution in [0.3, 0.4) is 0 Å². The van der Waals surface area contributed by atoms with Crippen LogP contribution >= 0.6 is 0 Å². The highest BCUT2D eigenvalue weighted by atomic mass is 16.6. The summed E-state index contributed by atoms with van der Waals surface area (Å²) in [4.78, 5) is 11.7. The summed E-state index contributed by atoms with van der Waals surface area (Å²) < 4.78 is 5.22. The zero-order chi connectivity index (χ0) is 15.9. The van der Waals surface area contributed by atoms with Crippen LogP contribution in [0.4, 0.5) is 4.79 Å². The number of alkyl carbamates (subject to hydrolysis) is 1. The molecule has 116 valence electrons. The van der Waals surface area contributed by atoms with Crippen LogP contribution in [0.25, 0.3) is 6.08 Å². The lowest BCUT2D eigenvalue weighted by Gasteiger charge is -2.22. The van der Waals surface area contributed by atoms with Gasteiger partial charge in [0.2, 0.25) is 0 Å². The Morgan fingerprint density at radius 2 is 1.95 bits per heavy atom. The minimum Gasteiger partial charge on any atom is -0.444 e. The maximum atomic E-state index is 11.7. The molecule has 0 saturated carbocycles. The number of rotatable bonds is 5. The van der Waals surface area contributed by atoms with Gasteiger partial charge in [0.05, 0.1) is 0 Å². The van der Waals surface area contributed by atoms with Crippen molar-refractivity contribution in [2.45, 2.75) is 33.3 Å². The molecular formula is C17H26N2O2. The van der Waals surface area contributed by atoms with E-state index in [1.807, 2.05) is 58.0 Å². The van der Waals surface area contributed by atoms with E-state index in [9.17, 15) is 4.79 Å². The average Bonchev–Trinajstić information content (AvgIpc) is 2.38. The molecular weight excluding hydrogens is 264 g/mol. The van der Waals surface area contributed by atoms with Gasteiger partial charge in [0.1, 0.15) is 5.60 Å². The van der Waals surface area contributed by atoms with Gasteiger partial charge in [-0.25, -0.2) is 4.79 Å². The van der Waals surface area contributed by atoms with Crippen LogP contribution in [0.2, 0.25) is 0 Å². The van der Waals surface area contributed by atoms with Crippen LogP contribution in [0.5, 0.6) is 0 Å². The fourth-order valence-corrected chi connectivity index (χ4v) is 1.88. The van der Waals surface area contributed by atoms with Gasteiger partial charge in [-0.05, 0) is 33.3 Å². The Morgan fingerprint density at radius 1 is 1.33 bits per heavy atom. The zero-order valence-electron chi connectivity index (χ0n) is 13.3. The first kappa shape index (κ1) is 17.2. The van der Waals surface area contributed by atoms with Crippen LogP contribution in [-0.4, -0.2) is 24.8 Å². The van der Waals surface area contributed by atoms with E-state index in [1.165, 1.54) is 0 Å². The summed E-state index contributed by atoms with van der Waals surface area (Å²) in [6, 6.07) is 10.1. The molecule has 0 aromatic heterocycles. The van der Waals surface area contributed by atoms with E-state index in [4.69, 9.17) is 10.5 Å². The lowest BCUT2D eigenvalue weighted by molar-refractivity contribution is 0.0522. The molecule has 0 bridgehead atoms. The summed E-state index contributed by atoms with van der Waals surface area (Å²) in [7, 11) is 0. The van der Waals surface area contributed by atoms with Crippen molar-refractivity contribution in [1.82, 2.24) is 5.32 Å². The van der Waals surface area contributed by atoms with E-state index >= 15 is 0 Å². The van der Waals surface area contributed by atoms with E-state index < -0.39 is 11.7 Å². The van der Waals surface area contributed by atoms with Crippen molar-refractivity contribution in [1.29, 1.82) is 0 Å². The number of hydrogen-bond acceptors (Lipinski definition) is 3. The van der Waals surface area contributed by atoms with Crippen molar-refractivity contribution >= 4 is 12.2 Å². The van der Waals surface area contributed by atoms with Crippen molar-refractivity contribution in [3.8, 4) is 0 Å². The largest absolute Gasteiger partial charge is 0.444 e. The minimum absolute atomic E-state index is 0.0951. The first-order chi connectivity index (χ1) is 9.81. The molecule has 0 aliphatic heterocycles. The number of nitrogens with two attached hydrogens (primary N) is 1. The highest BCUT2D eigenvalue weighted by Crippen LogP contribution is 2.14. The van der Waals surface area contributed by atoms with E-state index in [1.54, 1.807) is 0 Å². The Kier molecular flexibility index (Phi) is 6.43. The molecule has 1 rings (SSSR count). The number of benzene rings is 1. The molecule has 0 saturated heterocycles. The lowest BCUT2D eigenvalue weighted by atomic mass is 9.98. The van der Waals surface area contributed by atoms with Crippen LogP contribution in [0.1, 0.15) is 33.3 Å². The highest BCUT2D eigenvalue weighted by Gasteiger charge is 2.17. The predicted molar refractivity (Wildman–Crippen MR) is 86.9 cm³/mol. The van der Waals surface area contributed by atoms with E-state index in [0.29, 0.717) is 13.1 Å². The monoisotopic (exact) mass is 290 g/mol. The molecule has 0 aliphatic carbocycles. The molecule has 1 aromatic carbocycles. The molecule has 1 amide bonds. The smallest absolute Gasteiger partial charge is 0.407 e. The first-order valence-corrected chi connectivity index (χ1v) is 7.22. The van der Waals surface area contributed by atoms with Crippen LogP contribution in [0.15, 0.2) is 35.9 Å². The molecule has 1 aromatic rings. The van der Waals surface area contributed by atoms with E-state index in [-0.39, 0.29) is 5.92 Å². The lowest BCUT2D eigenvalue weighted by Crippen LogP contribution is -2.37. The van der Waals surface area contributed by atoms with Gasteiger partial charge in [0.15, 0.2) is 0 Å². The maximum absolute atomic E-state index is 11.7. The van der Waals surface area contributed by atoms with Gasteiger partial charge in [0, 0.05) is 19.0 Å². The summed E-state index contributed by atoms with van der Waals surface area (Å²) in [6.45, 7) is 8.50. The van der Waals surface area contributed by atoms with Gasteiger partial charge in [-0.15, -0.1) is 0 Å². The number of carbonyl (C=O) groups excluding carboxylic acids is 1. The number of nitrogens with one attached hydrogen (secondary N) is 1. The van der Waals surface area contributed by atoms with Gasteiger partial charge in [0.25, 0.3) is 0 Å². The Labute approximate surface area is 127 Å². The first-order valence-electron chi connectivity index (χ1n) is 7.22. The summed E-state index contributed by atoms with van der Waals surface area (Å²) in [5.74, 6) is 0.0951. The summed E-state index contributed by atoms with van der Waals surface area (Å²) in [6.07, 6.45) is 1.68. The third kappa shape index (κ3) is 6.95. The van der Waals surface area contributed by atoms with Gasteiger partial charge in [-0.3, -0.25) is 0 Å². The molecule has 0 spiro atoms. The molecule has 21 heavy (non-hydrogen) atoms. The topological polar surface area (TPSA) is 64.3 Å². The molecule has 1 unspecified atom stereocenters. The minimum atomic E-state index is -0.489. The number of hydrogen-bond donors (Lipinski definition) is 2. The van der Waals surface area contributed by atoms with Crippen molar-refractivity contribution in [3.05, 3.63) is 41.5 Å². The third-order valence-electron chi connectivity index (χ3n) is 3.01. The summed E-state index contributed by atoms with van der Waals surface area (Å²) in [5.41, 5.74) is 7.59. The highest BCUT2D eigenvalue weighted by molar-refractivity contribution is 5.67. The molecule has 4 heteroatoms. The van der Waals surface area contributed by atoms with Crippen molar-refractivity contribution in [3.63, 3.8) is 0 Å². The van der Waals surface area contributed by atoms with E-state index in [2.05, 4.69) is 11.4 Å². The standard InChI is InChI=1S/C17H26N2O2/c1-13(10-14-8-6-5-7-9-14)15(11-18)12-19-16(20)21-17(2,3)4/h5-10,15H,11-12,18H2,1-4H3,(H,19,20)/b13-10+. The average molecular weight is 290 g/mol. The Balaban J connectivity index is 2.59. The fourth-order valence-electron chi connectivity index (χ4n) is 1.88. The molecule has 0 fully saturated rings. The fraction of sp³-hybridized carbons (Fsp3) is 0.471. The van der Waals surface area contributed by atoms with Crippen molar-refractivity contribution in [2.24, 2.45) is 11.7 Å². The summed E-state index contributed by atoms with van der Waals surface area (Å²) >= 11 is 0. The van der Waals surface area contributed by atoms with Crippen LogP contribution in [-0.2, 0) is 4.74 Å². The Bertz CT molecular complexity index is 475. The Morgan fingerprint density at radius 3 is 2.48 bits per heavy atom. The quantitative estimate of drug-likeness (QED) is 0.875. The van der Waals surface area contributed by atoms with Gasteiger partial charge in [-0.1, -0.05) is 42.0 Å². The van der Waals surface area contributed by atoms with Crippen molar-refractivity contribution < 1.29 is 9.53 Å². The van der Waals surface area contributed by atoms with Crippen molar-refractivity contribution in [2.75, 3.05) is 13.1 Å². The van der Waals surface area contributed by atoms with Gasteiger partial charge >= 0.3 is 6.09 Å². The third-order valence-corrected chi connectivity index (χ3v) is 3.01. The molecule has 0 radical (unpaired) electrons.